The van der Waals surface area contributed by atoms with E-state index in [1.807, 2.05) is 19.9 Å². The Hall–Kier alpha value is -1.62. The van der Waals surface area contributed by atoms with Gasteiger partial charge >= 0.3 is 0 Å². The fourth-order valence-corrected chi connectivity index (χ4v) is 4.02. The second-order valence-electron chi connectivity index (χ2n) is 6.97. The first-order valence-corrected chi connectivity index (χ1v) is 9.13. The first-order valence-electron chi connectivity index (χ1n) is 8.76. The largest absolute Gasteiger partial charge is 0.372 e. The van der Waals surface area contributed by atoms with Crippen molar-refractivity contribution in [3.63, 3.8) is 0 Å². The Balaban J connectivity index is 2.04. The van der Waals surface area contributed by atoms with Gasteiger partial charge in [-0.15, -0.1) is 0 Å². The van der Waals surface area contributed by atoms with Gasteiger partial charge in [0.25, 0.3) is 0 Å². The third-order valence-corrected chi connectivity index (χ3v) is 4.83. The average molecular weight is 360 g/mol. The smallest absolute Gasteiger partial charge is 0.0726 e. The van der Waals surface area contributed by atoms with Gasteiger partial charge in [-0.2, -0.15) is 0 Å². The molecule has 2 heterocycles. The van der Waals surface area contributed by atoms with Crippen LogP contribution in [0.2, 0.25) is 5.02 Å². The van der Waals surface area contributed by atoms with Crippen molar-refractivity contribution in [2.45, 2.75) is 46.4 Å². The maximum atomic E-state index is 6.71. The van der Waals surface area contributed by atoms with Crippen LogP contribution in [0.15, 0.2) is 24.3 Å². The minimum Gasteiger partial charge on any atom is -0.372 e. The number of ether oxygens (including phenoxy) is 1. The Morgan fingerprint density at radius 1 is 1.12 bits per heavy atom. The summed E-state index contributed by atoms with van der Waals surface area (Å²) in [6.45, 7) is 10.4. The van der Waals surface area contributed by atoms with E-state index in [4.69, 9.17) is 22.1 Å². The number of morpholine rings is 1. The highest BCUT2D eigenvalue weighted by molar-refractivity contribution is 6.33. The standard InChI is InChI=1S/C20H26ClN3O/c1-12-5-16(6-13(2)23-12)20-17(9-22)7-18(8-19(20)21)24-10-14(3)25-15(4)11-24/h5-8,14-15H,9-11,22H2,1-4H3/t14-,15+. The van der Waals surface area contributed by atoms with Crippen LogP contribution in [-0.4, -0.2) is 30.3 Å². The Labute approximate surface area is 155 Å². The molecule has 5 heteroatoms. The molecule has 0 saturated carbocycles. The summed E-state index contributed by atoms with van der Waals surface area (Å²) in [5.74, 6) is 0. The van der Waals surface area contributed by atoms with Crippen molar-refractivity contribution in [1.29, 1.82) is 0 Å². The monoisotopic (exact) mass is 359 g/mol. The van der Waals surface area contributed by atoms with Crippen LogP contribution in [0.25, 0.3) is 11.1 Å². The lowest BCUT2D eigenvalue weighted by Gasteiger charge is -2.37. The van der Waals surface area contributed by atoms with Crippen molar-refractivity contribution in [2.24, 2.45) is 5.73 Å². The zero-order chi connectivity index (χ0) is 18.1. The van der Waals surface area contributed by atoms with Gasteiger partial charge in [0, 0.05) is 42.3 Å². The number of anilines is 1. The van der Waals surface area contributed by atoms with E-state index < -0.39 is 0 Å². The molecular weight excluding hydrogens is 334 g/mol. The third kappa shape index (κ3) is 3.97. The Morgan fingerprint density at radius 3 is 2.28 bits per heavy atom. The zero-order valence-electron chi connectivity index (χ0n) is 15.3. The van der Waals surface area contributed by atoms with Crippen LogP contribution in [0.1, 0.15) is 30.8 Å². The maximum Gasteiger partial charge on any atom is 0.0726 e. The van der Waals surface area contributed by atoms with Gasteiger partial charge in [0.15, 0.2) is 0 Å². The predicted molar refractivity (Wildman–Crippen MR) is 104 cm³/mol. The molecule has 1 aliphatic heterocycles. The van der Waals surface area contributed by atoms with E-state index in [9.17, 15) is 0 Å². The molecule has 0 aliphatic carbocycles. The molecule has 1 aliphatic rings. The van der Waals surface area contributed by atoms with Crippen LogP contribution in [0.5, 0.6) is 0 Å². The summed E-state index contributed by atoms with van der Waals surface area (Å²) in [5, 5.41) is 0.731. The van der Waals surface area contributed by atoms with Gasteiger partial charge in [0.2, 0.25) is 0 Å². The maximum absolute atomic E-state index is 6.71. The molecule has 1 aromatic carbocycles. The summed E-state index contributed by atoms with van der Waals surface area (Å²) in [7, 11) is 0. The molecule has 2 aromatic rings. The SMILES string of the molecule is Cc1cc(-c2c(Cl)cc(N3C[C@@H](C)O[C@@H](C)C3)cc2CN)cc(C)n1. The first-order chi connectivity index (χ1) is 11.9. The molecule has 2 N–H and O–H groups in total. The predicted octanol–water partition coefficient (Wildman–Crippen LogP) is 4.09. The number of hydrogen-bond acceptors (Lipinski definition) is 4. The number of aromatic nitrogens is 1. The number of nitrogens with two attached hydrogens (primary N) is 1. The van der Waals surface area contributed by atoms with E-state index in [0.29, 0.717) is 6.54 Å². The van der Waals surface area contributed by atoms with Gasteiger partial charge in [-0.25, -0.2) is 0 Å². The van der Waals surface area contributed by atoms with Gasteiger partial charge in [-0.1, -0.05) is 11.6 Å². The lowest BCUT2D eigenvalue weighted by Crippen LogP contribution is -2.45. The summed E-state index contributed by atoms with van der Waals surface area (Å²) in [6, 6.07) is 8.33. The minimum atomic E-state index is 0.203. The molecule has 1 fully saturated rings. The van der Waals surface area contributed by atoms with Crippen LogP contribution in [0.3, 0.4) is 0 Å². The molecule has 0 spiro atoms. The highest BCUT2D eigenvalue weighted by Crippen LogP contribution is 2.36. The summed E-state index contributed by atoms with van der Waals surface area (Å²) < 4.78 is 5.84. The van der Waals surface area contributed by atoms with Crippen LogP contribution >= 0.6 is 11.6 Å². The average Bonchev–Trinajstić information content (AvgIpc) is 2.52. The molecule has 134 valence electrons. The molecule has 2 atom stereocenters. The number of aryl methyl sites for hydroxylation is 2. The molecular formula is C20H26ClN3O. The molecule has 4 nitrogen and oxygen atoms in total. The Kier molecular flexibility index (Phi) is 5.32. The minimum absolute atomic E-state index is 0.203. The molecule has 0 amide bonds. The Bertz CT molecular complexity index is 748. The summed E-state index contributed by atoms with van der Waals surface area (Å²) in [6.07, 6.45) is 0.406. The van der Waals surface area contributed by atoms with Gasteiger partial charge in [0.05, 0.1) is 17.2 Å². The van der Waals surface area contributed by atoms with E-state index in [2.05, 4.69) is 41.9 Å². The molecule has 1 saturated heterocycles. The number of rotatable bonds is 3. The van der Waals surface area contributed by atoms with Crippen LogP contribution in [-0.2, 0) is 11.3 Å². The van der Waals surface area contributed by atoms with Crippen LogP contribution in [0, 0.1) is 13.8 Å². The van der Waals surface area contributed by atoms with E-state index in [1.54, 1.807) is 0 Å². The highest BCUT2D eigenvalue weighted by atomic mass is 35.5. The highest BCUT2D eigenvalue weighted by Gasteiger charge is 2.24. The number of hydrogen-bond donors (Lipinski definition) is 1. The van der Waals surface area contributed by atoms with Crippen molar-refractivity contribution in [1.82, 2.24) is 4.98 Å². The van der Waals surface area contributed by atoms with Crippen LogP contribution < -0.4 is 10.6 Å². The number of benzene rings is 1. The molecule has 3 rings (SSSR count). The zero-order valence-corrected chi connectivity index (χ0v) is 16.1. The van der Waals surface area contributed by atoms with Gasteiger partial charge in [-0.05, 0) is 63.1 Å². The topological polar surface area (TPSA) is 51.4 Å². The van der Waals surface area contributed by atoms with E-state index in [0.717, 1.165) is 51.9 Å². The van der Waals surface area contributed by atoms with Gasteiger partial charge in [0.1, 0.15) is 0 Å². The first kappa shape index (κ1) is 18.2. The molecule has 0 unspecified atom stereocenters. The second-order valence-corrected chi connectivity index (χ2v) is 7.37. The molecule has 1 aromatic heterocycles. The van der Waals surface area contributed by atoms with E-state index in [-0.39, 0.29) is 12.2 Å². The van der Waals surface area contributed by atoms with E-state index in [1.165, 1.54) is 0 Å². The van der Waals surface area contributed by atoms with Gasteiger partial charge in [-0.3, -0.25) is 4.98 Å². The van der Waals surface area contributed by atoms with Crippen molar-refractivity contribution >= 4 is 17.3 Å². The Morgan fingerprint density at radius 2 is 1.72 bits per heavy atom. The van der Waals surface area contributed by atoms with E-state index >= 15 is 0 Å². The lowest BCUT2D eigenvalue weighted by molar-refractivity contribution is -0.00522. The van der Waals surface area contributed by atoms with Crippen molar-refractivity contribution in [2.75, 3.05) is 18.0 Å². The number of nitrogens with zero attached hydrogens (tertiary/aromatic N) is 2. The molecule has 0 radical (unpaired) electrons. The lowest BCUT2D eigenvalue weighted by atomic mass is 9.97. The van der Waals surface area contributed by atoms with Crippen LogP contribution in [0.4, 0.5) is 5.69 Å². The third-order valence-electron chi connectivity index (χ3n) is 4.53. The second kappa shape index (κ2) is 7.32. The van der Waals surface area contributed by atoms with Gasteiger partial charge < -0.3 is 15.4 Å². The normalized spacial score (nSPS) is 20.8. The number of halogens is 1. The fraction of sp³-hybridized carbons (Fsp3) is 0.450. The summed E-state index contributed by atoms with van der Waals surface area (Å²) >= 11 is 6.71. The number of pyridine rings is 1. The van der Waals surface area contributed by atoms with Crippen molar-refractivity contribution in [3.05, 3.63) is 46.2 Å². The molecule has 0 bridgehead atoms. The van der Waals surface area contributed by atoms with Crippen molar-refractivity contribution in [3.8, 4) is 11.1 Å². The fourth-order valence-electron chi connectivity index (χ4n) is 3.68. The summed E-state index contributed by atoms with van der Waals surface area (Å²) in [5.41, 5.74) is 12.3. The quantitative estimate of drug-likeness (QED) is 0.896. The molecule has 25 heavy (non-hydrogen) atoms. The van der Waals surface area contributed by atoms with Crippen molar-refractivity contribution < 1.29 is 4.74 Å². The summed E-state index contributed by atoms with van der Waals surface area (Å²) in [4.78, 5) is 6.79.